The Bertz CT molecular complexity index is 610. The molecule has 0 amide bonds. The Morgan fingerprint density at radius 3 is 2.62 bits per heavy atom. The lowest BCUT2D eigenvalue weighted by Crippen LogP contribution is -2.16. The molecule has 1 unspecified atom stereocenters. The first-order valence-corrected chi connectivity index (χ1v) is 11.6. The van der Waals surface area contributed by atoms with Gasteiger partial charge in [-0.3, -0.25) is 0 Å². The van der Waals surface area contributed by atoms with Gasteiger partial charge in [0.05, 0.1) is 0 Å². The second-order valence-electron chi connectivity index (χ2n) is 8.60. The van der Waals surface area contributed by atoms with Gasteiger partial charge >= 0.3 is 0 Å². The number of hydrogen-bond donors (Lipinski definition) is 0. The number of rotatable bonds is 7. The summed E-state index contributed by atoms with van der Waals surface area (Å²) in [4.78, 5) is 0. The van der Waals surface area contributed by atoms with Crippen LogP contribution in [0.1, 0.15) is 77.0 Å². The van der Waals surface area contributed by atoms with E-state index in [2.05, 4.69) is 82.8 Å². The number of unbranched alkanes of at least 4 members (excludes halogenated alkanes) is 1. The first kappa shape index (κ1) is 21.4. The quantitative estimate of drug-likeness (QED) is 0.353. The Morgan fingerprint density at radius 1 is 1.19 bits per heavy atom. The molecule has 1 aromatic rings. The smallest absolute Gasteiger partial charge is 0.000166 e. The van der Waals surface area contributed by atoms with E-state index < -0.39 is 0 Å². The molecule has 26 heavy (non-hydrogen) atoms. The minimum absolute atomic E-state index is 0.230. The molecule has 0 N–H and O–H groups in total. The van der Waals surface area contributed by atoms with Gasteiger partial charge < -0.3 is 0 Å². The van der Waals surface area contributed by atoms with Crippen LogP contribution in [0.3, 0.4) is 0 Å². The molecule has 1 aliphatic rings. The maximum absolute atomic E-state index is 2.56. The molecule has 0 radical (unpaired) electrons. The molecule has 1 aliphatic heterocycles. The fourth-order valence-electron chi connectivity index (χ4n) is 3.76. The summed E-state index contributed by atoms with van der Waals surface area (Å²) in [6.45, 7) is 11.4. The van der Waals surface area contributed by atoms with Gasteiger partial charge in [-0.2, -0.15) is 11.8 Å². The van der Waals surface area contributed by atoms with Crippen LogP contribution in [0, 0.1) is 5.92 Å². The first-order chi connectivity index (χ1) is 12.5. The molecule has 2 rings (SSSR count). The number of allylic oxidation sites excluding steroid dienone is 4. The van der Waals surface area contributed by atoms with Crippen molar-refractivity contribution in [1.82, 2.24) is 0 Å². The fourth-order valence-corrected chi connectivity index (χ4v) is 4.96. The average molecular weight is 371 g/mol. The van der Waals surface area contributed by atoms with Crippen molar-refractivity contribution in [3.05, 3.63) is 58.7 Å². The van der Waals surface area contributed by atoms with Crippen LogP contribution in [0.2, 0.25) is 0 Å². The summed E-state index contributed by atoms with van der Waals surface area (Å²) in [5.74, 6) is 3.45. The Kier molecular flexibility index (Phi) is 8.54. The van der Waals surface area contributed by atoms with Gasteiger partial charge in [0.15, 0.2) is 0 Å². The lowest BCUT2D eigenvalue weighted by Gasteiger charge is -2.26. The van der Waals surface area contributed by atoms with Crippen LogP contribution in [0.4, 0.5) is 0 Å². The summed E-state index contributed by atoms with van der Waals surface area (Å²) in [6.07, 6.45) is 14.4. The summed E-state index contributed by atoms with van der Waals surface area (Å²) in [5.41, 5.74) is 6.48. The molecule has 1 aromatic carbocycles. The Morgan fingerprint density at radius 2 is 2.00 bits per heavy atom. The van der Waals surface area contributed by atoms with Crippen molar-refractivity contribution in [3.63, 3.8) is 0 Å². The van der Waals surface area contributed by atoms with E-state index in [1.54, 1.807) is 16.7 Å². The van der Waals surface area contributed by atoms with Gasteiger partial charge in [0.2, 0.25) is 0 Å². The van der Waals surface area contributed by atoms with Crippen LogP contribution < -0.4 is 0 Å². The molecule has 1 saturated heterocycles. The van der Waals surface area contributed by atoms with Crippen molar-refractivity contribution < 1.29 is 0 Å². The van der Waals surface area contributed by atoms with Gasteiger partial charge in [0.1, 0.15) is 0 Å². The maximum Gasteiger partial charge on any atom is -0.000166 e. The molecule has 0 spiro atoms. The van der Waals surface area contributed by atoms with Crippen LogP contribution >= 0.6 is 11.8 Å². The molecule has 0 saturated carbocycles. The van der Waals surface area contributed by atoms with Crippen LogP contribution in [-0.2, 0) is 18.3 Å². The van der Waals surface area contributed by atoms with Crippen LogP contribution in [0.15, 0.2) is 42.0 Å². The summed E-state index contributed by atoms with van der Waals surface area (Å²) in [7, 11) is 0. The van der Waals surface area contributed by atoms with Crippen molar-refractivity contribution >= 4 is 11.8 Å². The summed E-state index contributed by atoms with van der Waals surface area (Å²) in [5, 5.41) is 0. The van der Waals surface area contributed by atoms with Gasteiger partial charge in [-0.25, -0.2) is 0 Å². The van der Waals surface area contributed by atoms with Crippen molar-refractivity contribution in [1.29, 1.82) is 0 Å². The van der Waals surface area contributed by atoms with Crippen LogP contribution in [0.25, 0.3) is 0 Å². The first-order valence-electron chi connectivity index (χ1n) is 10.5. The van der Waals surface area contributed by atoms with Crippen molar-refractivity contribution in [2.75, 3.05) is 11.5 Å². The van der Waals surface area contributed by atoms with E-state index in [0.717, 1.165) is 18.8 Å². The van der Waals surface area contributed by atoms with Gasteiger partial charge in [-0.05, 0) is 85.0 Å². The van der Waals surface area contributed by atoms with Crippen LogP contribution in [-0.4, -0.2) is 11.5 Å². The molecule has 1 atom stereocenters. The largest absolute Gasteiger partial charge is 0.161 e. The zero-order valence-electron chi connectivity index (χ0n) is 17.6. The molecule has 144 valence electrons. The Hall–Kier alpha value is -0.950. The molecule has 0 aliphatic carbocycles. The van der Waals surface area contributed by atoms with E-state index >= 15 is 0 Å². The third-order valence-electron chi connectivity index (χ3n) is 5.51. The van der Waals surface area contributed by atoms with Gasteiger partial charge in [0.25, 0.3) is 0 Å². The Balaban J connectivity index is 2.23. The molecule has 0 bridgehead atoms. The van der Waals surface area contributed by atoms with Gasteiger partial charge in [-0.15, -0.1) is 0 Å². The highest BCUT2D eigenvalue weighted by molar-refractivity contribution is 7.99. The predicted molar refractivity (Wildman–Crippen MR) is 120 cm³/mol. The van der Waals surface area contributed by atoms with Crippen molar-refractivity contribution in [2.24, 2.45) is 5.92 Å². The highest BCUT2D eigenvalue weighted by Gasteiger charge is 2.20. The second-order valence-corrected chi connectivity index (χ2v) is 9.75. The minimum atomic E-state index is 0.230. The van der Waals surface area contributed by atoms with Gasteiger partial charge in [0, 0.05) is 0 Å². The molecular weight excluding hydrogens is 332 g/mol. The second kappa shape index (κ2) is 10.4. The van der Waals surface area contributed by atoms with Crippen LogP contribution in [0.5, 0.6) is 0 Å². The number of aryl methyl sites for hydroxylation is 1. The molecule has 1 heterocycles. The summed E-state index contributed by atoms with van der Waals surface area (Å²) in [6, 6.07) is 7.24. The van der Waals surface area contributed by atoms with E-state index in [4.69, 9.17) is 0 Å². The highest BCUT2D eigenvalue weighted by Crippen LogP contribution is 2.32. The zero-order valence-corrected chi connectivity index (χ0v) is 18.4. The zero-order chi connectivity index (χ0) is 19.0. The normalized spacial score (nSPS) is 19.3. The molecule has 0 aromatic heterocycles. The molecule has 1 heteroatoms. The molecule has 0 nitrogen and oxygen atoms in total. The number of hydrogen-bond acceptors (Lipinski definition) is 1. The molecule has 1 fully saturated rings. The van der Waals surface area contributed by atoms with E-state index in [9.17, 15) is 0 Å². The van der Waals surface area contributed by atoms with E-state index in [0.29, 0.717) is 0 Å². The maximum atomic E-state index is 2.56. The highest BCUT2D eigenvalue weighted by atomic mass is 32.2. The standard InChI is InChI=1S/C25H38S/c1-6-8-9-10-12-21(23-13-11-16-26-19-23)17-22-14-15-24(25(3,4)5)18-20(22)7-2/h6,8,12,14-15,18,23H,7,9-11,13,16-17,19H2,1-5H3. The van der Waals surface area contributed by atoms with E-state index in [1.807, 2.05) is 0 Å². The third-order valence-corrected chi connectivity index (χ3v) is 6.72. The number of benzene rings is 1. The van der Waals surface area contributed by atoms with Crippen molar-refractivity contribution in [2.45, 2.75) is 78.6 Å². The third kappa shape index (κ3) is 6.34. The minimum Gasteiger partial charge on any atom is -0.161 e. The number of thioether (sulfide) groups is 1. The Labute approximate surface area is 166 Å². The summed E-state index contributed by atoms with van der Waals surface area (Å²) < 4.78 is 0. The monoisotopic (exact) mass is 370 g/mol. The molecular formula is C25H38S. The fraction of sp³-hybridized carbons (Fsp3) is 0.600. The van der Waals surface area contributed by atoms with E-state index in [1.165, 1.54) is 42.8 Å². The predicted octanol–water partition coefficient (Wildman–Crippen LogP) is 7.51. The van der Waals surface area contributed by atoms with Gasteiger partial charge in [-0.1, -0.05) is 69.7 Å². The lowest BCUT2D eigenvalue weighted by atomic mass is 9.82. The van der Waals surface area contributed by atoms with Crippen molar-refractivity contribution in [3.8, 4) is 0 Å². The lowest BCUT2D eigenvalue weighted by molar-refractivity contribution is 0.580. The van der Waals surface area contributed by atoms with E-state index in [-0.39, 0.29) is 5.41 Å². The SMILES string of the molecule is CC=CCCC=C(Cc1ccc(C(C)(C)C)cc1CC)C1CCCSC1. The summed E-state index contributed by atoms with van der Waals surface area (Å²) >= 11 is 2.15. The average Bonchev–Trinajstić information content (AvgIpc) is 2.64. The topological polar surface area (TPSA) is 0 Å².